The van der Waals surface area contributed by atoms with Crippen LogP contribution in [0.3, 0.4) is 0 Å². The lowest BCUT2D eigenvalue weighted by Crippen LogP contribution is -2.62. The van der Waals surface area contributed by atoms with Gasteiger partial charge < -0.3 is 34.4 Å². The molecular formula is C52H68N9O8+. The monoisotopic (exact) mass is 947 g/mol. The summed E-state index contributed by atoms with van der Waals surface area (Å²) < 4.78 is 8.46. The van der Waals surface area contributed by atoms with Crippen LogP contribution in [-0.2, 0) is 48.1 Å². The van der Waals surface area contributed by atoms with Gasteiger partial charge in [-0.05, 0) is 97.2 Å². The van der Waals surface area contributed by atoms with Crippen LogP contribution in [0.2, 0.25) is 0 Å². The number of anilines is 1. The number of fused-ring (bicyclic) bond motifs is 7. The minimum Gasteiger partial charge on any atom is -0.508 e. The number of aryl methyl sites for hydroxylation is 1. The van der Waals surface area contributed by atoms with E-state index in [9.17, 15) is 29.2 Å². The van der Waals surface area contributed by atoms with Gasteiger partial charge in [0.05, 0.1) is 22.6 Å². The maximum atomic E-state index is 14.8. The number of nitrogens with zero attached hydrogens (tertiary/aromatic N) is 7. The number of hydrazine groups is 1. The number of hydrogen-bond donors (Lipinski definition) is 3. The first-order valence-electron chi connectivity index (χ1n) is 24.3. The summed E-state index contributed by atoms with van der Waals surface area (Å²) in [6.45, 7) is 16.0. The van der Waals surface area contributed by atoms with Gasteiger partial charge in [-0.3, -0.25) is 24.2 Å². The Morgan fingerprint density at radius 2 is 1.88 bits per heavy atom. The van der Waals surface area contributed by atoms with Crippen LogP contribution in [0.1, 0.15) is 83.1 Å². The molecule has 69 heavy (non-hydrogen) atoms. The summed E-state index contributed by atoms with van der Waals surface area (Å²) >= 11 is 0. The SMILES string of the molecule is C=CC(=O)N1CC[C@H](C(=O)N(C)[C@H](C(=O)N[C@H]2Cc3cc(O)cc(c3)-c3ccc4c(c3)c(c(-c3ccnc5c3[C@@H](OC)CCN5C)n4CC)CC(C)(C)CO[N+](=O)[C@@H]3CCCN(N3)C2=O)C(C)C)C1. The number of pyridine rings is 1. The first kappa shape index (κ1) is 49.1. The molecule has 4 amide bonds. The molecule has 0 radical (unpaired) electrons. The number of carbonyl (C=O) groups excluding carboxylic acids is 4. The van der Waals surface area contributed by atoms with Crippen molar-refractivity contribution in [3.8, 4) is 28.1 Å². The van der Waals surface area contributed by atoms with E-state index < -0.39 is 41.4 Å². The molecule has 17 nitrogen and oxygen atoms in total. The fourth-order valence-corrected chi connectivity index (χ4v) is 10.9. The molecule has 8 rings (SSSR count). The Labute approximate surface area is 404 Å². The average molecular weight is 947 g/mol. The number of likely N-dealkylation sites (tertiary alicyclic amines) is 1. The molecule has 368 valence electrons. The molecule has 5 atom stereocenters. The Morgan fingerprint density at radius 1 is 1.10 bits per heavy atom. The second-order valence-corrected chi connectivity index (χ2v) is 20.3. The molecule has 6 heterocycles. The largest absolute Gasteiger partial charge is 0.508 e. The van der Waals surface area contributed by atoms with Gasteiger partial charge in [-0.15, -0.1) is 0 Å². The molecule has 0 spiro atoms. The Hall–Kier alpha value is -6.33. The highest BCUT2D eigenvalue weighted by Crippen LogP contribution is 2.46. The van der Waals surface area contributed by atoms with E-state index in [0.717, 1.165) is 63.2 Å². The third kappa shape index (κ3) is 9.80. The van der Waals surface area contributed by atoms with Crippen molar-refractivity contribution < 1.29 is 38.8 Å². The molecule has 4 aliphatic heterocycles. The molecule has 4 aromatic rings. The number of methoxy groups -OCH3 is 1. The molecule has 2 aromatic heterocycles. The van der Waals surface area contributed by atoms with E-state index in [1.54, 1.807) is 31.2 Å². The highest BCUT2D eigenvalue weighted by molar-refractivity contribution is 5.97. The number of rotatable bonds is 9. The van der Waals surface area contributed by atoms with Crippen LogP contribution >= 0.6 is 0 Å². The Bertz CT molecular complexity index is 2660. The Morgan fingerprint density at radius 3 is 2.61 bits per heavy atom. The number of likely N-dealkylation sites (N-methyl/N-ethyl adjacent to an activating group) is 1. The number of carbonyl (C=O) groups is 4. The summed E-state index contributed by atoms with van der Waals surface area (Å²) in [4.78, 5) is 86.2. The zero-order valence-electron chi connectivity index (χ0n) is 41.3. The lowest BCUT2D eigenvalue weighted by atomic mass is 9.83. The number of ether oxygens (including phenoxy) is 1. The number of aromatic nitrogens is 2. The fourth-order valence-electron chi connectivity index (χ4n) is 10.9. The van der Waals surface area contributed by atoms with Crippen molar-refractivity contribution in [2.45, 2.75) is 104 Å². The normalized spacial score (nSPS) is 22.2. The number of nitrogens with one attached hydrogen (secondary N) is 2. The second kappa shape index (κ2) is 19.9. The van der Waals surface area contributed by atoms with E-state index in [1.807, 2.05) is 32.2 Å². The number of phenolic OH excluding ortho intramolecular Hbond substituents is 1. The summed E-state index contributed by atoms with van der Waals surface area (Å²) in [5.41, 5.74) is 9.86. The topological polar surface area (TPSA) is 182 Å². The van der Waals surface area contributed by atoms with Crippen LogP contribution in [0.4, 0.5) is 5.82 Å². The molecule has 2 fully saturated rings. The van der Waals surface area contributed by atoms with Gasteiger partial charge in [-0.25, -0.2) is 9.82 Å². The highest BCUT2D eigenvalue weighted by atomic mass is 16.8. The van der Waals surface area contributed by atoms with Crippen molar-refractivity contribution in [2.75, 3.05) is 58.9 Å². The number of hydrogen-bond acceptors (Lipinski definition) is 11. The van der Waals surface area contributed by atoms with E-state index in [-0.39, 0.29) is 55.7 Å². The van der Waals surface area contributed by atoms with Crippen LogP contribution < -0.4 is 15.6 Å². The maximum absolute atomic E-state index is 14.8. The van der Waals surface area contributed by atoms with Crippen molar-refractivity contribution in [3.05, 3.63) is 82.9 Å². The molecular weight excluding hydrogens is 879 g/mol. The van der Waals surface area contributed by atoms with Crippen molar-refractivity contribution in [2.24, 2.45) is 17.3 Å². The minimum atomic E-state index is -1.18. The average Bonchev–Trinajstić information content (AvgIpc) is 3.95. The first-order valence-corrected chi connectivity index (χ1v) is 24.3. The minimum absolute atomic E-state index is 0.0120. The fraction of sp³-hybridized carbons (Fsp3) is 0.519. The third-order valence-corrected chi connectivity index (χ3v) is 14.4. The molecule has 6 bridgehead atoms. The molecule has 3 N–H and O–H groups in total. The van der Waals surface area contributed by atoms with Crippen LogP contribution in [0.25, 0.3) is 33.3 Å². The van der Waals surface area contributed by atoms with Gasteiger partial charge >= 0.3 is 6.17 Å². The lowest BCUT2D eigenvalue weighted by Gasteiger charge is -2.35. The summed E-state index contributed by atoms with van der Waals surface area (Å²) in [7, 11) is 5.38. The zero-order chi connectivity index (χ0) is 49.5. The molecule has 2 aromatic carbocycles. The predicted molar refractivity (Wildman–Crippen MR) is 262 cm³/mol. The molecule has 0 aliphatic carbocycles. The predicted octanol–water partition coefficient (Wildman–Crippen LogP) is 5.91. The van der Waals surface area contributed by atoms with Gasteiger partial charge in [0, 0.05) is 100 Å². The van der Waals surface area contributed by atoms with Gasteiger partial charge in [0.15, 0.2) is 6.61 Å². The molecule has 17 heteroatoms. The van der Waals surface area contributed by atoms with Crippen LogP contribution in [0, 0.1) is 22.2 Å². The smallest absolute Gasteiger partial charge is 0.326 e. The van der Waals surface area contributed by atoms with Gasteiger partial charge in [0.1, 0.15) is 23.7 Å². The first-order chi connectivity index (χ1) is 32.9. The summed E-state index contributed by atoms with van der Waals surface area (Å²) in [5.74, 6) is -1.53. The molecule has 4 aliphatic rings. The van der Waals surface area contributed by atoms with Crippen LogP contribution in [0.15, 0.2) is 61.3 Å². The van der Waals surface area contributed by atoms with Crippen molar-refractivity contribution in [1.82, 2.24) is 35.1 Å². The van der Waals surface area contributed by atoms with Gasteiger partial charge in [-0.1, -0.05) is 46.4 Å². The lowest BCUT2D eigenvalue weighted by molar-refractivity contribution is -0.835. The number of aromatic hydroxyl groups is 1. The van der Waals surface area contributed by atoms with Crippen molar-refractivity contribution >= 4 is 40.3 Å². The van der Waals surface area contributed by atoms with Crippen molar-refractivity contribution in [3.63, 3.8) is 0 Å². The summed E-state index contributed by atoms with van der Waals surface area (Å²) in [6.07, 6.45) is 4.69. The van der Waals surface area contributed by atoms with Gasteiger partial charge in [0.2, 0.25) is 22.6 Å². The Kier molecular flexibility index (Phi) is 14.2. The molecule has 0 unspecified atom stereocenters. The van der Waals surface area contributed by atoms with Crippen LogP contribution in [-0.4, -0.2) is 130 Å². The second-order valence-electron chi connectivity index (χ2n) is 20.3. The number of benzene rings is 2. The van der Waals surface area contributed by atoms with E-state index in [4.69, 9.17) is 14.6 Å². The van der Waals surface area contributed by atoms with E-state index >= 15 is 0 Å². The van der Waals surface area contributed by atoms with E-state index in [2.05, 4.69) is 72.8 Å². The third-order valence-electron chi connectivity index (χ3n) is 14.4. The number of phenols is 1. The van der Waals surface area contributed by atoms with Gasteiger partial charge in [0.25, 0.3) is 5.91 Å². The zero-order valence-corrected chi connectivity index (χ0v) is 41.3. The maximum Gasteiger partial charge on any atom is 0.326 e. The molecule has 0 saturated carbocycles. The van der Waals surface area contributed by atoms with Crippen LogP contribution in [0.5, 0.6) is 5.75 Å². The summed E-state index contributed by atoms with van der Waals surface area (Å²) in [5, 5.41) is 16.8. The highest BCUT2D eigenvalue weighted by Gasteiger charge is 2.42. The Balaban J connectivity index is 1.21. The van der Waals surface area contributed by atoms with Gasteiger partial charge in [-0.2, -0.15) is 5.43 Å². The van der Waals surface area contributed by atoms with E-state index in [0.29, 0.717) is 49.3 Å². The van der Waals surface area contributed by atoms with Crippen molar-refractivity contribution in [1.29, 1.82) is 0 Å². The van der Waals surface area contributed by atoms with E-state index in [1.165, 1.54) is 16.0 Å². The molecule has 2 saturated heterocycles. The quantitative estimate of drug-likeness (QED) is 0.170. The summed E-state index contributed by atoms with van der Waals surface area (Å²) in [6, 6.07) is 11.5. The standard InChI is InChI=1S/C52H67N9O8/c1-10-44(63)58-22-17-34(29-58)50(65)57(8)46(31(3)4)49(64)54-40-25-32-23-35(26-36(62)24-32)33-14-15-41-38(27-33)39(28-52(5,6)30-69-61(67)43-13-12-20-60(55-43)51(40)66)47(59(41)11-2)37-16-19-53-48-45(37)42(68-9)18-21-56(48)7/h10,14-16,19,23-24,26-27,31,34,40,42-43,46,55H,1,11-13,17-18,20-22,25,28-30H2,2-9H3,(H-,54,62,64)/p+1/t34-,40-,42-,43+,46-/m0/s1. The number of amides is 4.